The van der Waals surface area contributed by atoms with Gasteiger partial charge in [0.25, 0.3) is 0 Å². The first-order valence-corrected chi connectivity index (χ1v) is 12.2. The Morgan fingerprint density at radius 2 is 1.90 bits per heavy atom. The lowest BCUT2D eigenvalue weighted by Gasteiger charge is -2.33. The van der Waals surface area contributed by atoms with Crippen LogP contribution in [0.2, 0.25) is 0 Å². The molecule has 2 aromatic rings. The third-order valence-corrected chi connectivity index (χ3v) is 7.05. The highest BCUT2D eigenvalue weighted by Crippen LogP contribution is 2.30. The van der Waals surface area contributed by atoms with Gasteiger partial charge in [-0.3, -0.25) is 4.79 Å². The van der Waals surface area contributed by atoms with Crippen molar-refractivity contribution in [1.82, 2.24) is 4.90 Å². The Bertz CT molecular complexity index is 925. The average molecular weight is 504 g/mol. The van der Waals surface area contributed by atoms with E-state index in [0.29, 0.717) is 5.92 Å². The SMILES string of the molecule is CCc1cccc(C)c1NC(=S)N(Cc1cccc(Br)c1)CC1CCC(C(=O)O)CC1. The van der Waals surface area contributed by atoms with E-state index in [4.69, 9.17) is 12.2 Å². The monoisotopic (exact) mass is 502 g/mol. The molecule has 0 bridgehead atoms. The number of aryl methyl sites for hydroxylation is 2. The highest BCUT2D eigenvalue weighted by atomic mass is 79.9. The number of hydrogen-bond acceptors (Lipinski definition) is 2. The van der Waals surface area contributed by atoms with Gasteiger partial charge in [0, 0.05) is 23.2 Å². The number of aliphatic carboxylic acids is 1. The zero-order valence-corrected chi connectivity index (χ0v) is 20.6. The lowest BCUT2D eigenvalue weighted by Crippen LogP contribution is -2.39. The number of rotatable bonds is 7. The lowest BCUT2D eigenvalue weighted by molar-refractivity contribution is -0.143. The minimum absolute atomic E-state index is 0.195. The van der Waals surface area contributed by atoms with Gasteiger partial charge < -0.3 is 15.3 Å². The quantitative estimate of drug-likeness (QED) is 0.428. The molecule has 4 nitrogen and oxygen atoms in total. The molecule has 31 heavy (non-hydrogen) atoms. The molecular formula is C25H31BrN2O2S. The van der Waals surface area contributed by atoms with Crippen LogP contribution in [-0.2, 0) is 17.8 Å². The van der Waals surface area contributed by atoms with E-state index in [1.165, 1.54) is 16.7 Å². The Labute approximate surface area is 199 Å². The van der Waals surface area contributed by atoms with E-state index in [1.807, 2.05) is 12.1 Å². The Morgan fingerprint density at radius 3 is 2.55 bits per heavy atom. The Kier molecular flexibility index (Phi) is 8.50. The Morgan fingerprint density at radius 1 is 1.19 bits per heavy atom. The van der Waals surface area contributed by atoms with Crippen LogP contribution in [0.5, 0.6) is 0 Å². The molecule has 2 N–H and O–H groups in total. The first-order chi connectivity index (χ1) is 14.9. The van der Waals surface area contributed by atoms with Gasteiger partial charge in [-0.05, 0) is 86.0 Å². The van der Waals surface area contributed by atoms with Crippen LogP contribution in [0.4, 0.5) is 5.69 Å². The number of carboxylic acid groups (broad SMARTS) is 1. The van der Waals surface area contributed by atoms with Gasteiger partial charge in [0.1, 0.15) is 0 Å². The van der Waals surface area contributed by atoms with E-state index in [9.17, 15) is 9.90 Å². The van der Waals surface area contributed by atoms with Crippen molar-refractivity contribution < 1.29 is 9.90 Å². The van der Waals surface area contributed by atoms with Gasteiger partial charge in [0.05, 0.1) is 5.92 Å². The molecule has 2 aromatic carbocycles. The van der Waals surface area contributed by atoms with Crippen molar-refractivity contribution >= 4 is 44.9 Å². The molecule has 1 aliphatic carbocycles. The predicted molar refractivity (Wildman–Crippen MR) is 134 cm³/mol. The molecule has 0 aromatic heterocycles. The van der Waals surface area contributed by atoms with Crippen LogP contribution < -0.4 is 5.32 Å². The van der Waals surface area contributed by atoms with Crippen LogP contribution in [0.3, 0.4) is 0 Å². The third kappa shape index (κ3) is 6.53. The zero-order valence-electron chi connectivity index (χ0n) is 18.2. The van der Waals surface area contributed by atoms with Crippen LogP contribution in [-0.4, -0.2) is 27.6 Å². The van der Waals surface area contributed by atoms with Gasteiger partial charge in [-0.25, -0.2) is 0 Å². The van der Waals surface area contributed by atoms with Crippen LogP contribution in [0.25, 0.3) is 0 Å². The van der Waals surface area contributed by atoms with Gasteiger partial charge >= 0.3 is 5.97 Å². The molecule has 0 heterocycles. The van der Waals surface area contributed by atoms with Crippen molar-refractivity contribution in [2.75, 3.05) is 11.9 Å². The topological polar surface area (TPSA) is 52.6 Å². The number of carbonyl (C=O) groups is 1. The summed E-state index contributed by atoms with van der Waals surface area (Å²) in [6, 6.07) is 14.7. The van der Waals surface area contributed by atoms with Crippen LogP contribution in [0.15, 0.2) is 46.9 Å². The van der Waals surface area contributed by atoms with Crippen molar-refractivity contribution in [3.05, 3.63) is 63.6 Å². The number of thiocarbonyl (C=S) groups is 1. The first-order valence-electron chi connectivity index (χ1n) is 11.0. The van der Waals surface area contributed by atoms with Gasteiger partial charge in [-0.2, -0.15) is 0 Å². The number of hydrogen-bond donors (Lipinski definition) is 2. The normalized spacial score (nSPS) is 18.4. The molecule has 1 aliphatic rings. The lowest BCUT2D eigenvalue weighted by atomic mass is 9.82. The van der Waals surface area contributed by atoms with E-state index in [2.05, 4.69) is 70.3 Å². The van der Waals surface area contributed by atoms with E-state index >= 15 is 0 Å². The van der Waals surface area contributed by atoms with Gasteiger partial charge in [0.15, 0.2) is 5.11 Å². The van der Waals surface area contributed by atoms with Crippen molar-refractivity contribution in [2.45, 2.75) is 52.5 Å². The highest BCUT2D eigenvalue weighted by molar-refractivity contribution is 9.10. The van der Waals surface area contributed by atoms with Gasteiger partial charge in [-0.15, -0.1) is 0 Å². The third-order valence-electron chi connectivity index (χ3n) is 6.20. The molecule has 0 spiro atoms. The zero-order chi connectivity index (χ0) is 22.4. The number of para-hydroxylation sites is 1. The molecule has 3 rings (SSSR count). The standard InChI is InChI=1S/C25H31BrN2O2S/c1-3-20-8-4-6-17(2)23(20)27-25(31)28(16-19-7-5-9-22(26)14-19)15-18-10-12-21(13-11-18)24(29)30/h4-9,14,18,21H,3,10-13,15-16H2,1-2H3,(H,27,31)(H,29,30). The molecule has 6 heteroatoms. The van der Waals surface area contributed by atoms with Crippen LogP contribution >= 0.6 is 28.1 Å². The minimum atomic E-state index is -0.659. The summed E-state index contributed by atoms with van der Waals surface area (Å²) in [4.78, 5) is 13.6. The van der Waals surface area contributed by atoms with Crippen molar-refractivity contribution in [1.29, 1.82) is 0 Å². The average Bonchev–Trinajstić information content (AvgIpc) is 2.75. The molecule has 0 amide bonds. The number of carboxylic acids is 1. The molecule has 0 radical (unpaired) electrons. The van der Waals surface area contributed by atoms with Crippen molar-refractivity contribution in [3.63, 3.8) is 0 Å². The number of halogens is 1. The molecule has 0 saturated heterocycles. The maximum absolute atomic E-state index is 11.3. The fraction of sp³-hybridized carbons (Fsp3) is 0.440. The van der Waals surface area contributed by atoms with Gasteiger partial charge in [0.2, 0.25) is 0 Å². The maximum atomic E-state index is 11.3. The summed E-state index contributed by atoms with van der Waals surface area (Å²) in [6.45, 7) is 5.81. The summed E-state index contributed by atoms with van der Waals surface area (Å²) >= 11 is 9.47. The number of anilines is 1. The molecule has 1 saturated carbocycles. The van der Waals surface area contributed by atoms with Crippen molar-refractivity contribution in [3.8, 4) is 0 Å². The van der Waals surface area contributed by atoms with Crippen molar-refractivity contribution in [2.24, 2.45) is 11.8 Å². The predicted octanol–water partition coefficient (Wildman–Crippen LogP) is 6.41. The molecule has 0 unspecified atom stereocenters. The summed E-state index contributed by atoms with van der Waals surface area (Å²) in [5.41, 5.74) is 4.74. The largest absolute Gasteiger partial charge is 0.481 e. The maximum Gasteiger partial charge on any atom is 0.306 e. The Hall–Kier alpha value is -1.92. The molecule has 166 valence electrons. The van der Waals surface area contributed by atoms with Gasteiger partial charge in [-0.1, -0.05) is 53.2 Å². The van der Waals surface area contributed by atoms with E-state index < -0.39 is 5.97 Å². The molecule has 0 atom stereocenters. The number of nitrogens with zero attached hydrogens (tertiary/aromatic N) is 1. The minimum Gasteiger partial charge on any atom is -0.481 e. The van der Waals surface area contributed by atoms with Crippen LogP contribution in [0, 0.1) is 18.8 Å². The Balaban J connectivity index is 1.77. The van der Waals surface area contributed by atoms with E-state index in [1.54, 1.807) is 0 Å². The molecule has 0 aliphatic heterocycles. The first kappa shape index (κ1) is 23.7. The molecular weight excluding hydrogens is 472 g/mol. The summed E-state index contributed by atoms with van der Waals surface area (Å²) in [5, 5.41) is 13.6. The number of nitrogens with one attached hydrogen (secondary N) is 1. The molecule has 1 fully saturated rings. The second kappa shape index (κ2) is 11.1. The summed E-state index contributed by atoms with van der Waals surface area (Å²) in [6.07, 6.45) is 4.31. The summed E-state index contributed by atoms with van der Waals surface area (Å²) in [5.74, 6) is -0.405. The number of benzene rings is 2. The highest BCUT2D eigenvalue weighted by Gasteiger charge is 2.28. The smallest absolute Gasteiger partial charge is 0.306 e. The summed E-state index contributed by atoms with van der Waals surface area (Å²) in [7, 11) is 0. The fourth-order valence-electron chi connectivity index (χ4n) is 4.37. The second-order valence-electron chi connectivity index (χ2n) is 8.46. The van der Waals surface area contributed by atoms with E-state index in [-0.39, 0.29) is 5.92 Å². The fourth-order valence-corrected chi connectivity index (χ4v) is 5.05. The second-order valence-corrected chi connectivity index (χ2v) is 9.76. The summed E-state index contributed by atoms with van der Waals surface area (Å²) < 4.78 is 1.05. The van der Waals surface area contributed by atoms with Crippen LogP contribution in [0.1, 0.15) is 49.3 Å². The van der Waals surface area contributed by atoms with E-state index in [0.717, 1.165) is 60.5 Å².